The summed E-state index contributed by atoms with van der Waals surface area (Å²) in [7, 11) is 1.34. The van der Waals surface area contributed by atoms with Crippen molar-refractivity contribution in [1.82, 2.24) is 10.2 Å². The summed E-state index contributed by atoms with van der Waals surface area (Å²) in [5, 5.41) is 2.67. The fourth-order valence-electron chi connectivity index (χ4n) is 1.99. The van der Waals surface area contributed by atoms with Crippen molar-refractivity contribution in [3.8, 4) is 11.5 Å². The van der Waals surface area contributed by atoms with Gasteiger partial charge in [0.2, 0.25) is 11.8 Å². The van der Waals surface area contributed by atoms with Crippen molar-refractivity contribution < 1.29 is 27.8 Å². The zero-order valence-electron chi connectivity index (χ0n) is 12.4. The van der Waals surface area contributed by atoms with Gasteiger partial charge < -0.3 is 19.7 Å². The number of carbonyl (C=O) groups excluding carboxylic acids is 2. The van der Waals surface area contributed by atoms with Crippen LogP contribution in [-0.4, -0.2) is 48.6 Å². The van der Waals surface area contributed by atoms with Gasteiger partial charge in [0, 0.05) is 6.54 Å². The van der Waals surface area contributed by atoms with E-state index in [1.165, 1.54) is 35.9 Å². The number of amides is 2. The maximum atomic E-state index is 12.2. The Morgan fingerprint density at radius 3 is 2.83 bits per heavy atom. The third-order valence-corrected chi connectivity index (χ3v) is 4.04. The van der Waals surface area contributed by atoms with Gasteiger partial charge in [-0.15, -0.1) is 11.8 Å². The first kappa shape index (κ1) is 17.3. The van der Waals surface area contributed by atoms with Crippen LogP contribution in [0.2, 0.25) is 0 Å². The standard InChI is InChI=1S/C14H16F2N2O4S/c1-21-11-4-9(2-3-10(11)22-14(15)16)5-17-12(19)6-18-8-23-7-13(18)20/h2-4,14H,5-8H2,1H3,(H,17,19). The number of ether oxygens (including phenoxy) is 2. The van der Waals surface area contributed by atoms with Gasteiger partial charge in [0.05, 0.1) is 18.7 Å². The number of methoxy groups -OCH3 is 1. The van der Waals surface area contributed by atoms with Gasteiger partial charge in [0.15, 0.2) is 11.5 Å². The van der Waals surface area contributed by atoms with Crippen molar-refractivity contribution in [2.45, 2.75) is 13.2 Å². The Hall–Kier alpha value is -2.03. The first-order valence-electron chi connectivity index (χ1n) is 6.73. The Balaban J connectivity index is 1.89. The predicted octanol–water partition coefficient (Wildman–Crippen LogP) is 1.45. The lowest BCUT2D eigenvalue weighted by Gasteiger charge is -2.15. The molecule has 1 aliphatic heterocycles. The second kappa shape index (κ2) is 8.00. The quantitative estimate of drug-likeness (QED) is 0.809. The van der Waals surface area contributed by atoms with Crippen LogP contribution < -0.4 is 14.8 Å². The minimum absolute atomic E-state index is 0.00947. The third-order valence-electron chi connectivity index (χ3n) is 3.09. The van der Waals surface area contributed by atoms with Gasteiger partial charge in [-0.25, -0.2) is 0 Å². The highest BCUT2D eigenvalue weighted by molar-refractivity contribution is 8.00. The highest BCUT2D eigenvalue weighted by Crippen LogP contribution is 2.29. The van der Waals surface area contributed by atoms with E-state index in [0.29, 0.717) is 17.2 Å². The number of carbonyl (C=O) groups is 2. The minimum atomic E-state index is -2.94. The predicted molar refractivity (Wildman–Crippen MR) is 80.5 cm³/mol. The molecule has 126 valence electrons. The van der Waals surface area contributed by atoms with Gasteiger partial charge in [0.25, 0.3) is 0 Å². The molecule has 0 unspecified atom stereocenters. The van der Waals surface area contributed by atoms with Gasteiger partial charge in [-0.3, -0.25) is 9.59 Å². The summed E-state index contributed by atoms with van der Waals surface area (Å²) in [6, 6.07) is 4.42. The van der Waals surface area contributed by atoms with E-state index in [0.717, 1.165) is 0 Å². The van der Waals surface area contributed by atoms with Crippen molar-refractivity contribution in [3.05, 3.63) is 23.8 Å². The molecular formula is C14H16F2N2O4S. The SMILES string of the molecule is COc1cc(CNC(=O)CN2CSCC2=O)ccc1OC(F)F. The molecule has 1 aliphatic rings. The highest BCUT2D eigenvalue weighted by Gasteiger charge is 2.22. The molecule has 0 saturated carbocycles. The molecule has 0 bridgehead atoms. The third kappa shape index (κ3) is 4.98. The second-order valence-electron chi connectivity index (χ2n) is 4.71. The Bertz CT molecular complexity index is 586. The van der Waals surface area contributed by atoms with Gasteiger partial charge in [-0.05, 0) is 17.7 Å². The van der Waals surface area contributed by atoms with Crippen LogP contribution in [0.4, 0.5) is 8.78 Å². The molecule has 6 nitrogen and oxygen atoms in total. The smallest absolute Gasteiger partial charge is 0.387 e. The molecule has 9 heteroatoms. The van der Waals surface area contributed by atoms with E-state index >= 15 is 0 Å². The average molecular weight is 346 g/mol. The summed E-state index contributed by atoms with van der Waals surface area (Å²) < 4.78 is 33.8. The van der Waals surface area contributed by atoms with Crippen LogP contribution in [0.5, 0.6) is 11.5 Å². The Morgan fingerprint density at radius 2 is 2.22 bits per heavy atom. The number of rotatable bonds is 7. The molecule has 23 heavy (non-hydrogen) atoms. The van der Waals surface area contributed by atoms with E-state index in [1.54, 1.807) is 6.07 Å². The first-order valence-corrected chi connectivity index (χ1v) is 7.89. The monoisotopic (exact) mass is 346 g/mol. The molecule has 2 rings (SSSR count). The maximum absolute atomic E-state index is 12.2. The molecule has 1 saturated heterocycles. The number of hydrogen-bond acceptors (Lipinski definition) is 5. The molecule has 0 aromatic heterocycles. The molecule has 1 N–H and O–H groups in total. The van der Waals surface area contributed by atoms with Gasteiger partial charge in [0.1, 0.15) is 6.54 Å². The molecule has 1 aromatic carbocycles. The molecule has 0 radical (unpaired) electrons. The lowest BCUT2D eigenvalue weighted by molar-refractivity contribution is -0.132. The van der Waals surface area contributed by atoms with E-state index in [-0.39, 0.29) is 36.4 Å². The lowest BCUT2D eigenvalue weighted by Crippen LogP contribution is -2.37. The van der Waals surface area contributed by atoms with Crippen LogP contribution >= 0.6 is 11.8 Å². The summed E-state index contributed by atoms with van der Waals surface area (Å²) in [6.45, 7) is -2.74. The highest BCUT2D eigenvalue weighted by atomic mass is 32.2. The number of halogens is 2. The zero-order chi connectivity index (χ0) is 16.8. The molecule has 1 fully saturated rings. The summed E-state index contributed by atoms with van der Waals surface area (Å²) in [4.78, 5) is 24.7. The van der Waals surface area contributed by atoms with Crippen LogP contribution in [0, 0.1) is 0 Å². The fourth-order valence-corrected chi connectivity index (χ4v) is 2.89. The first-order chi connectivity index (χ1) is 11.0. The zero-order valence-corrected chi connectivity index (χ0v) is 13.2. The van der Waals surface area contributed by atoms with Crippen LogP contribution in [0.25, 0.3) is 0 Å². The Morgan fingerprint density at radius 1 is 1.43 bits per heavy atom. The van der Waals surface area contributed by atoms with Crippen LogP contribution in [0.3, 0.4) is 0 Å². The summed E-state index contributed by atoms with van der Waals surface area (Å²) >= 11 is 1.46. The largest absolute Gasteiger partial charge is 0.493 e. The maximum Gasteiger partial charge on any atom is 0.387 e. The Labute approximate surface area is 136 Å². The molecule has 1 aromatic rings. The van der Waals surface area contributed by atoms with Gasteiger partial charge >= 0.3 is 6.61 Å². The van der Waals surface area contributed by atoms with Crippen molar-refractivity contribution in [2.75, 3.05) is 25.3 Å². The van der Waals surface area contributed by atoms with Crippen molar-refractivity contribution >= 4 is 23.6 Å². The summed E-state index contributed by atoms with van der Waals surface area (Å²) in [5.74, 6) is 0.656. The molecule has 2 amide bonds. The van der Waals surface area contributed by atoms with Crippen molar-refractivity contribution in [3.63, 3.8) is 0 Å². The number of thioether (sulfide) groups is 1. The van der Waals surface area contributed by atoms with E-state index in [1.807, 2.05) is 0 Å². The van der Waals surface area contributed by atoms with Crippen LogP contribution in [0.1, 0.15) is 5.56 Å². The number of nitrogens with one attached hydrogen (secondary N) is 1. The number of alkyl halides is 2. The van der Waals surface area contributed by atoms with Gasteiger partial charge in [-0.1, -0.05) is 6.07 Å². The van der Waals surface area contributed by atoms with Crippen LogP contribution in [0.15, 0.2) is 18.2 Å². The lowest BCUT2D eigenvalue weighted by atomic mass is 10.2. The summed E-state index contributed by atoms with van der Waals surface area (Å²) in [6.07, 6.45) is 0. The van der Waals surface area contributed by atoms with Crippen molar-refractivity contribution in [2.24, 2.45) is 0 Å². The topological polar surface area (TPSA) is 67.9 Å². The summed E-state index contributed by atoms with van der Waals surface area (Å²) in [5.41, 5.74) is 0.666. The van der Waals surface area contributed by atoms with Crippen LogP contribution in [-0.2, 0) is 16.1 Å². The number of hydrogen-bond donors (Lipinski definition) is 1. The van der Waals surface area contributed by atoms with E-state index in [4.69, 9.17) is 4.74 Å². The minimum Gasteiger partial charge on any atom is -0.493 e. The fraction of sp³-hybridized carbons (Fsp3) is 0.429. The van der Waals surface area contributed by atoms with E-state index in [2.05, 4.69) is 10.1 Å². The van der Waals surface area contributed by atoms with E-state index in [9.17, 15) is 18.4 Å². The molecule has 0 atom stereocenters. The molecule has 0 spiro atoms. The average Bonchev–Trinajstić information content (AvgIpc) is 2.91. The number of nitrogens with zero attached hydrogens (tertiary/aromatic N) is 1. The Kier molecular flexibility index (Phi) is 6.03. The molecule has 0 aliphatic carbocycles. The normalized spacial score (nSPS) is 14.3. The molecule has 1 heterocycles. The molecular weight excluding hydrogens is 330 g/mol. The second-order valence-corrected chi connectivity index (χ2v) is 5.66. The van der Waals surface area contributed by atoms with Gasteiger partial charge in [-0.2, -0.15) is 8.78 Å². The van der Waals surface area contributed by atoms with Crippen molar-refractivity contribution in [1.29, 1.82) is 0 Å². The number of benzene rings is 1. The van der Waals surface area contributed by atoms with E-state index < -0.39 is 6.61 Å².